The van der Waals surface area contributed by atoms with Crippen LogP contribution in [0.3, 0.4) is 0 Å². The van der Waals surface area contributed by atoms with Gasteiger partial charge in [-0.3, -0.25) is 0 Å². The van der Waals surface area contributed by atoms with Crippen LogP contribution in [0.5, 0.6) is 5.75 Å². The van der Waals surface area contributed by atoms with Gasteiger partial charge in [-0.05, 0) is 38.0 Å². The van der Waals surface area contributed by atoms with Crippen molar-refractivity contribution in [3.8, 4) is 5.75 Å². The number of hydrogen-bond acceptors (Lipinski definition) is 7. The van der Waals surface area contributed by atoms with Crippen LogP contribution in [0.4, 0.5) is 0 Å². The van der Waals surface area contributed by atoms with Crippen molar-refractivity contribution in [2.75, 3.05) is 27.4 Å². The number of carbonyl (C=O) groups is 1. The van der Waals surface area contributed by atoms with E-state index in [1.807, 2.05) is 36.6 Å². The number of thiazole rings is 1. The summed E-state index contributed by atoms with van der Waals surface area (Å²) in [5, 5.41) is 6.59. The zero-order valence-electron chi connectivity index (χ0n) is 15.7. The Labute approximate surface area is 158 Å². The summed E-state index contributed by atoms with van der Waals surface area (Å²) in [6, 6.07) is 8.02. The van der Waals surface area contributed by atoms with Gasteiger partial charge in [0, 0.05) is 25.1 Å². The summed E-state index contributed by atoms with van der Waals surface area (Å²) in [5.41, 5.74) is 2.16. The lowest BCUT2D eigenvalue weighted by Crippen LogP contribution is -2.32. The topological polar surface area (TPSA) is 69.7 Å². The third-order valence-corrected chi connectivity index (χ3v) is 4.74. The second kappa shape index (κ2) is 10.3. The Morgan fingerprint density at radius 2 is 2.00 bits per heavy atom. The van der Waals surface area contributed by atoms with Crippen LogP contribution >= 0.6 is 11.3 Å². The van der Waals surface area contributed by atoms with Gasteiger partial charge in [0.15, 0.2) is 6.61 Å². The van der Waals surface area contributed by atoms with Crippen LogP contribution in [0.15, 0.2) is 29.6 Å². The maximum absolute atomic E-state index is 11.1. The highest BCUT2D eigenvalue weighted by Crippen LogP contribution is 2.19. The number of nitrogens with one attached hydrogen (secondary N) is 1. The van der Waals surface area contributed by atoms with E-state index >= 15 is 0 Å². The molecule has 0 aliphatic heterocycles. The summed E-state index contributed by atoms with van der Waals surface area (Å²) in [6.45, 7) is 4.76. The Balaban J connectivity index is 1.79. The van der Waals surface area contributed by atoms with Crippen LogP contribution in [-0.2, 0) is 20.7 Å². The number of esters is 1. The van der Waals surface area contributed by atoms with Crippen molar-refractivity contribution in [2.45, 2.75) is 32.4 Å². The number of rotatable bonds is 10. The molecule has 2 unspecified atom stereocenters. The molecule has 0 amide bonds. The minimum absolute atomic E-state index is 0.0449. The average Bonchev–Trinajstić information content (AvgIpc) is 3.07. The smallest absolute Gasteiger partial charge is 0.343 e. The molecule has 1 N–H and O–H groups in total. The molecule has 0 fully saturated rings. The molecule has 0 saturated carbocycles. The highest BCUT2D eigenvalue weighted by molar-refractivity contribution is 7.09. The van der Waals surface area contributed by atoms with E-state index in [0.717, 1.165) is 17.1 Å². The summed E-state index contributed by atoms with van der Waals surface area (Å²) in [7, 11) is 3.05. The van der Waals surface area contributed by atoms with Gasteiger partial charge in [-0.25, -0.2) is 9.78 Å². The first-order chi connectivity index (χ1) is 12.5. The summed E-state index contributed by atoms with van der Waals surface area (Å²) in [6.07, 6.45) is 0.834. The number of aryl methyl sites for hydroxylation is 1. The van der Waals surface area contributed by atoms with E-state index in [1.54, 1.807) is 18.4 Å². The molecule has 0 radical (unpaired) electrons. The van der Waals surface area contributed by atoms with Crippen LogP contribution in [0, 0.1) is 6.92 Å². The van der Waals surface area contributed by atoms with Gasteiger partial charge in [-0.1, -0.05) is 12.1 Å². The first-order valence-corrected chi connectivity index (χ1v) is 9.36. The largest absolute Gasteiger partial charge is 0.482 e. The fraction of sp³-hybridized carbons (Fsp3) is 0.474. The first kappa shape index (κ1) is 20.4. The summed E-state index contributed by atoms with van der Waals surface area (Å²) in [5.74, 6) is 0.257. The summed E-state index contributed by atoms with van der Waals surface area (Å²) in [4.78, 5) is 15.6. The maximum Gasteiger partial charge on any atom is 0.343 e. The molecule has 2 aromatic rings. The second-order valence-electron chi connectivity index (χ2n) is 6.04. The third-order valence-electron chi connectivity index (χ3n) is 3.95. The molecule has 2 rings (SSSR count). The molecule has 0 bridgehead atoms. The van der Waals surface area contributed by atoms with Crippen molar-refractivity contribution in [2.24, 2.45) is 0 Å². The fourth-order valence-electron chi connectivity index (χ4n) is 2.49. The number of nitrogens with zero attached hydrogens (tertiary/aromatic N) is 1. The maximum atomic E-state index is 11.1. The molecule has 142 valence electrons. The highest BCUT2D eigenvalue weighted by Gasteiger charge is 2.15. The monoisotopic (exact) mass is 378 g/mol. The van der Waals surface area contributed by atoms with Crippen LogP contribution < -0.4 is 10.1 Å². The molecule has 1 aromatic heterocycles. The zero-order valence-corrected chi connectivity index (χ0v) is 16.5. The Hall–Kier alpha value is -1.96. The third kappa shape index (κ3) is 6.40. The predicted molar refractivity (Wildman–Crippen MR) is 102 cm³/mol. The average molecular weight is 378 g/mol. The lowest BCUT2D eigenvalue weighted by Gasteiger charge is -2.19. The van der Waals surface area contributed by atoms with Gasteiger partial charge >= 0.3 is 5.97 Å². The van der Waals surface area contributed by atoms with Crippen LogP contribution in [0.25, 0.3) is 0 Å². The molecule has 0 aliphatic rings. The molecular formula is C19H26N2O4S. The molecule has 7 heteroatoms. The Morgan fingerprint density at radius 1 is 1.27 bits per heavy atom. The van der Waals surface area contributed by atoms with E-state index in [4.69, 9.17) is 9.47 Å². The van der Waals surface area contributed by atoms with Gasteiger partial charge in [0.2, 0.25) is 0 Å². The predicted octanol–water partition coefficient (Wildman–Crippen LogP) is 2.91. The van der Waals surface area contributed by atoms with Crippen LogP contribution in [0.1, 0.15) is 29.3 Å². The van der Waals surface area contributed by atoms with Gasteiger partial charge in [0.05, 0.1) is 17.8 Å². The minimum atomic E-state index is -0.394. The molecule has 1 heterocycles. The molecular weight excluding hydrogens is 352 g/mol. The molecule has 0 saturated heterocycles. The highest BCUT2D eigenvalue weighted by atomic mass is 32.1. The lowest BCUT2D eigenvalue weighted by molar-refractivity contribution is -0.142. The van der Waals surface area contributed by atoms with Crippen molar-refractivity contribution in [3.63, 3.8) is 0 Å². The zero-order chi connectivity index (χ0) is 18.9. The second-order valence-corrected chi connectivity index (χ2v) is 7.10. The number of carbonyl (C=O) groups excluding carboxylic acids is 1. The standard InChI is InChI=1S/C19H26N2O4S/c1-13(20-10-18(23-3)17-12-26-14(2)21-17)9-15-5-7-16(8-6-15)25-11-19(22)24-4/h5-8,12-13,18,20H,9-11H2,1-4H3. The number of methoxy groups -OCH3 is 2. The number of hydrogen-bond donors (Lipinski definition) is 1. The molecule has 0 spiro atoms. The van der Waals surface area contributed by atoms with Gasteiger partial charge in [0.1, 0.15) is 11.9 Å². The minimum Gasteiger partial charge on any atom is -0.482 e. The molecule has 26 heavy (non-hydrogen) atoms. The van der Waals surface area contributed by atoms with E-state index < -0.39 is 5.97 Å². The van der Waals surface area contributed by atoms with Crippen LogP contribution in [-0.4, -0.2) is 44.4 Å². The Morgan fingerprint density at radius 3 is 2.58 bits per heavy atom. The van der Waals surface area contributed by atoms with Gasteiger partial charge in [0.25, 0.3) is 0 Å². The number of ether oxygens (including phenoxy) is 3. The van der Waals surface area contributed by atoms with Gasteiger partial charge < -0.3 is 19.5 Å². The first-order valence-electron chi connectivity index (χ1n) is 8.48. The normalized spacial score (nSPS) is 13.2. The molecule has 1 aromatic carbocycles. The molecule has 6 nitrogen and oxygen atoms in total. The quantitative estimate of drug-likeness (QED) is 0.641. The van der Waals surface area contributed by atoms with Crippen molar-refractivity contribution < 1.29 is 19.0 Å². The molecule has 2 atom stereocenters. The van der Waals surface area contributed by atoms with E-state index in [1.165, 1.54) is 12.7 Å². The van der Waals surface area contributed by atoms with Crippen molar-refractivity contribution in [1.29, 1.82) is 0 Å². The lowest BCUT2D eigenvalue weighted by atomic mass is 10.1. The number of benzene rings is 1. The van der Waals surface area contributed by atoms with Crippen LogP contribution in [0.2, 0.25) is 0 Å². The van der Waals surface area contributed by atoms with E-state index in [-0.39, 0.29) is 18.8 Å². The van der Waals surface area contributed by atoms with E-state index in [2.05, 4.69) is 22.0 Å². The fourth-order valence-corrected chi connectivity index (χ4v) is 3.15. The van der Waals surface area contributed by atoms with Gasteiger partial charge in [-0.2, -0.15) is 0 Å². The van der Waals surface area contributed by atoms with Crippen molar-refractivity contribution in [1.82, 2.24) is 10.3 Å². The Bertz CT molecular complexity index is 687. The summed E-state index contributed by atoms with van der Waals surface area (Å²) >= 11 is 1.63. The van der Waals surface area contributed by atoms with Gasteiger partial charge in [-0.15, -0.1) is 11.3 Å². The Kier molecular flexibility index (Phi) is 8.03. The van der Waals surface area contributed by atoms with Crippen molar-refractivity contribution >= 4 is 17.3 Å². The van der Waals surface area contributed by atoms with E-state index in [9.17, 15) is 4.79 Å². The van der Waals surface area contributed by atoms with Crippen molar-refractivity contribution in [3.05, 3.63) is 45.9 Å². The van der Waals surface area contributed by atoms with E-state index in [0.29, 0.717) is 12.3 Å². The number of aromatic nitrogens is 1. The summed E-state index contributed by atoms with van der Waals surface area (Å²) < 4.78 is 15.5. The molecule has 0 aliphatic carbocycles. The SMILES string of the molecule is COC(=O)COc1ccc(CC(C)NCC(OC)c2csc(C)n2)cc1.